The summed E-state index contributed by atoms with van der Waals surface area (Å²) in [5.74, 6) is -1.70. The smallest absolute Gasteiger partial charge is 0.198 e. The second kappa shape index (κ2) is 2.90. The number of ether oxygens (including phenoxy) is 3. The molecule has 82 valence electrons. The van der Waals surface area contributed by atoms with Gasteiger partial charge in [0.15, 0.2) is 11.6 Å². The van der Waals surface area contributed by atoms with Gasteiger partial charge in [-0.3, -0.25) is 0 Å². The molecule has 0 aliphatic carbocycles. The van der Waals surface area contributed by atoms with Crippen LogP contribution < -0.4 is 0 Å². The van der Waals surface area contributed by atoms with Crippen molar-refractivity contribution in [2.24, 2.45) is 0 Å². The highest BCUT2D eigenvalue weighted by Gasteiger charge is 2.61. The van der Waals surface area contributed by atoms with Gasteiger partial charge in [0.1, 0.15) is 18.3 Å². The zero-order chi connectivity index (χ0) is 10.6. The first-order valence-electron chi connectivity index (χ1n) is 4.73. The molecule has 5 nitrogen and oxygen atoms in total. The summed E-state index contributed by atoms with van der Waals surface area (Å²) in [7, 11) is 0. The van der Waals surface area contributed by atoms with Crippen LogP contribution in [0.3, 0.4) is 0 Å². The van der Waals surface area contributed by atoms with E-state index in [0.29, 0.717) is 0 Å². The van der Waals surface area contributed by atoms with Crippen molar-refractivity contribution in [1.29, 1.82) is 0 Å². The first kappa shape index (κ1) is 10.3. The fourth-order valence-corrected chi connectivity index (χ4v) is 2.16. The summed E-state index contributed by atoms with van der Waals surface area (Å²) in [5.41, 5.74) is 0. The van der Waals surface area contributed by atoms with E-state index in [-0.39, 0.29) is 6.61 Å². The topological polar surface area (TPSA) is 68.2 Å². The molecule has 4 atom stereocenters. The Bertz CT molecular complexity index is 241. The molecule has 0 aromatic carbocycles. The molecule has 2 fully saturated rings. The van der Waals surface area contributed by atoms with E-state index in [1.807, 2.05) is 0 Å². The van der Waals surface area contributed by atoms with Crippen molar-refractivity contribution in [3.63, 3.8) is 0 Å². The van der Waals surface area contributed by atoms with Gasteiger partial charge < -0.3 is 24.4 Å². The lowest BCUT2D eigenvalue weighted by molar-refractivity contribution is -0.258. The number of rotatable bonds is 1. The maximum atomic E-state index is 9.77. The zero-order valence-electron chi connectivity index (χ0n) is 8.56. The molecule has 2 heterocycles. The van der Waals surface area contributed by atoms with Crippen LogP contribution in [0.1, 0.15) is 20.8 Å². The summed E-state index contributed by atoms with van der Waals surface area (Å²) in [4.78, 5) is 0. The van der Waals surface area contributed by atoms with Crippen molar-refractivity contribution in [3.05, 3.63) is 0 Å². The van der Waals surface area contributed by atoms with Crippen LogP contribution >= 0.6 is 0 Å². The third-order valence-electron chi connectivity index (χ3n) is 2.63. The average molecular weight is 204 g/mol. The van der Waals surface area contributed by atoms with E-state index >= 15 is 0 Å². The Kier molecular flexibility index (Phi) is 2.14. The molecule has 0 spiro atoms. The van der Waals surface area contributed by atoms with Gasteiger partial charge in [0.05, 0.1) is 6.61 Å². The van der Waals surface area contributed by atoms with Gasteiger partial charge >= 0.3 is 0 Å². The van der Waals surface area contributed by atoms with Gasteiger partial charge in [0.2, 0.25) is 0 Å². The molecule has 5 heteroatoms. The Balaban J connectivity index is 2.20. The predicted octanol–water partition coefficient (Wildman–Crippen LogP) is -0.394. The standard InChI is InChI=1S/C9H16O5/c1-8(2)13-7-6(11)5(4-10)12-9(7,3)14-8/h5-7,10-11H,4H2,1-3H3/t5-,6+,7-,9+/m1/s1. The van der Waals surface area contributed by atoms with Gasteiger partial charge in [-0.25, -0.2) is 0 Å². The number of hydrogen-bond acceptors (Lipinski definition) is 5. The Morgan fingerprint density at radius 2 is 1.86 bits per heavy atom. The maximum absolute atomic E-state index is 9.77. The number of fused-ring (bicyclic) bond motifs is 1. The summed E-state index contributed by atoms with van der Waals surface area (Å²) >= 11 is 0. The summed E-state index contributed by atoms with van der Waals surface area (Å²) < 4.78 is 16.5. The Morgan fingerprint density at radius 3 is 2.36 bits per heavy atom. The number of aliphatic hydroxyl groups is 2. The van der Waals surface area contributed by atoms with Crippen LogP contribution in [-0.4, -0.2) is 46.7 Å². The quantitative estimate of drug-likeness (QED) is 0.608. The normalized spacial score (nSPS) is 50.8. The second-order valence-corrected chi connectivity index (χ2v) is 4.39. The van der Waals surface area contributed by atoms with Crippen molar-refractivity contribution in [3.8, 4) is 0 Å². The zero-order valence-corrected chi connectivity index (χ0v) is 8.56. The Hall–Kier alpha value is -0.200. The number of hydrogen-bond donors (Lipinski definition) is 2. The molecule has 14 heavy (non-hydrogen) atoms. The summed E-state index contributed by atoms with van der Waals surface area (Å²) in [5, 5.41) is 18.7. The van der Waals surface area contributed by atoms with E-state index in [9.17, 15) is 5.11 Å². The average Bonchev–Trinajstić information content (AvgIpc) is 2.41. The number of aliphatic hydroxyl groups excluding tert-OH is 2. The SMILES string of the molecule is CC1(C)O[C@@H]2[C@@H](O)[C@@H](CO)O[C@@]2(C)O1. The van der Waals surface area contributed by atoms with Crippen molar-refractivity contribution < 1.29 is 24.4 Å². The van der Waals surface area contributed by atoms with E-state index in [1.54, 1.807) is 20.8 Å². The van der Waals surface area contributed by atoms with Crippen molar-refractivity contribution in [2.45, 2.75) is 50.7 Å². The van der Waals surface area contributed by atoms with Crippen LogP contribution in [0.25, 0.3) is 0 Å². The highest BCUT2D eigenvalue weighted by Crippen LogP contribution is 2.44. The molecule has 0 aromatic rings. The van der Waals surface area contributed by atoms with Gasteiger partial charge in [-0.05, 0) is 20.8 Å². The first-order valence-corrected chi connectivity index (χ1v) is 4.73. The summed E-state index contributed by atoms with van der Waals surface area (Å²) in [6.07, 6.45) is -2.00. The van der Waals surface area contributed by atoms with Crippen molar-refractivity contribution >= 4 is 0 Å². The molecule has 0 bridgehead atoms. The van der Waals surface area contributed by atoms with Crippen LogP contribution in [0.2, 0.25) is 0 Å². The van der Waals surface area contributed by atoms with Gasteiger partial charge in [-0.2, -0.15) is 0 Å². The fourth-order valence-electron chi connectivity index (χ4n) is 2.16. The van der Waals surface area contributed by atoms with Crippen LogP contribution in [0.15, 0.2) is 0 Å². The largest absolute Gasteiger partial charge is 0.394 e. The lowest BCUT2D eigenvalue weighted by atomic mass is 10.1. The van der Waals surface area contributed by atoms with E-state index in [0.717, 1.165) is 0 Å². The maximum Gasteiger partial charge on any atom is 0.198 e. The van der Waals surface area contributed by atoms with E-state index in [2.05, 4.69) is 0 Å². The van der Waals surface area contributed by atoms with Gasteiger partial charge in [-0.15, -0.1) is 0 Å². The minimum Gasteiger partial charge on any atom is -0.394 e. The first-order chi connectivity index (χ1) is 6.38. The minimum atomic E-state index is -0.948. The molecule has 2 aliphatic heterocycles. The molecule has 2 aliphatic rings. The van der Waals surface area contributed by atoms with Gasteiger partial charge in [0, 0.05) is 0 Å². The van der Waals surface area contributed by atoms with E-state index < -0.39 is 29.9 Å². The van der Waals surface area contributed by atoms with Gasteiger partial charge in [-0.1, -0.05) is 0 Å². The van der Waals surface area contributed by atoms with Crippen LogP contribution in [0.4, 0.5) is 0 Å². The molecule has 0 radical (unpaired) electrons. The van der Waals surface area contributed by atoms with E-state index in [1.165, 1.54) is 0 Å². The summed E-state index contributed by atoms with van der Waals surface area (Å²) in [6, 6.07) is 0. The van der Waals surface area contributed by atoms with Crippen LogP contribution in [-0.2, 0) is 14.2 Å². The highest BCUT2D eigenvalue weighted by atomic mass is 16.9. The molecule has 0 aromatic heterocycles. The molecule has 2 rings (SSSR count). The third-order valence-corrected chi connectivity index (χ3v) is 2.63. The molecule has 0 saturated carbocycles. The van der Waals surface area contributed by atoms with Crippen molar-refractivity contribution in [2.75, 3.05) is 6.61 Å². The highest BCUT2D eigenvalue weighted by molar-refractivity contribution is 4.99. The van der Waals surface area contributed by atoms with E-state index in [4.69, 9.17) is 19.3 Å². The second-order valence-electron chi connectivity index (χ2n) is 4.39. The molecule has 0 unspecified atom stereocenters. The van der Waals surface area contributed by atoms with Crippen LogP contribution in [0.5, 0.6) is 0 Å². The predicted molar refractivity (Wildman–Crippen MR) is 46.4 cm³/mol. The Labute approximate surface area is 82.6 Å². The molecular formula is C9H16O5. The molecule has 0 amide bonds. The lowest BCUT2D eigenvalue weighted by Crippen LogP contribution is -2.37. The fraction of sp³-hybridized carbons (Fsp3) is 1.00. The molecular weight excluding hydrogens is 188 g/mol. The van der Waals surface area contributed by atoms with Crippen molar-refractivity contribution in [1.82, 2.24) is 0 Å². The summed E-state index contributed by atoms with van der Waals surface area (Å²) in [6.45, 7) is 5.01. The Morgan fingerprint density at radius 1 is 1.21 bits per heavy atom. The lowest BCUT2D eigenvalue weighted by Gasteiger charge is -2.24. The molecule has 2 saturated heterocycles. The third kappa shape index (κ3) is 1.36. The van der Waals surface area contributed by atoms with Crippen LogP contribution in [0, 0.1) is 0 Å². The van der Waals surface area contributed by atoms with Gasteiger partial charge in [0.25, 0.3) is 0 Å². The minimum absolute atomic E-state index is 0.236. The monoisotopic (exact) mass is 204 g/mol. The molecule has 2 N–H and O–H groups in total.